The fraction of sp³-hybridized carbons (Fsp3) is 0.143. The molecule has 0 fully saturated rings. The minimum atomic E-state index is -4.11. The van der Waals surface area contributed by atoms with Crippen LogP contribution in [-0.2, 0) is 23.0 Å². The lowest BCUT2D eigenvalue weighted by Gasteiger charge is -2.06. The first-order valence-corrected chi connectivity index (χ1v) is 9.67. The van der Waals surface area contributed by atoms with E-state index in [1.807, 2.05) is 18.2 Å². The molecule has 0 heterocycles. The van der Waals surface area contributed by atoms with Gasteiger partial charge >= 0.3 is 0 Å². The Balaban J connectivity index is 1.61. The maximum atomic E-state index is 11.0. The predicted molar refractivity (Wildman–Crippen MR) is 100 cm³/mol. The topological polar surface area (TPSA) is 54.4 Å². The van der Waals surface area contributed by atoms with Crippen LogP contribution in [0, 0.1) is 0 Å². The zero-order valence-electron chi connectivity index (χ0n) is 13.8. The number of rotatable bonds is 6. The van der Waals surface area contributed by atoms with Gasteiger partial charge in [0.05, 0.1) is 4.90 Å². The van der Waals surface area contributed by atoms with E-state index in [0.717, 1.165) is 24.8 Å². The molecule has 128 valence electrons. The van der Waals surface area contributed by atoms with Crippen molar-refractivity contribution >= 4 is 10.1 Å². The highest BCUT2D eigenvalue weighted by atomic mass is 32.2. The van der Waals surface area contributed by atoms with Crippen LogP contribution in [0.3, 0.4) is 0 Å². The molecule has 0 saturated heterocycles. The van der Waals surface area contributed by atoms with Crippen molar-refractivity contribution in [3.05, 3.63) is 90.0 Å². The molecule has 3 aromatic carbocycles. The SMILES string of the molecule is O=S(=O)(O)c1ccc(CCCc2cccc(-c3ccccc3)c2)cc1. The molecule has 3 nitrogen and oxygen atoms in total. The van der Waals surface area contributed by atoms with Crippen molar-refractivity contribution in [2.45, 2.75) is 24.2 Å². The third-order valence-electron chi connectivity index (χ3n) is 4.19. The molecule has 0 bridgehead atoms. The molecule has 4 heteroatoms. The summed E-state index contributed by atoms with van der Waals surface area (Å²) in [4.78, 5) is -0.0631. The summed E-state index contributed by atoms with van der Waals surface area (Å²) in [5.74, 6) is 0. The molecule has 0 radical (unpaired) electrons. The highest BCUT2D eigenvalue weighted by Gasteiger charge is 2.08. The molecule has 1 N–H and O–H groups in total. The first-order chi connectivity index (χ1) is 12.0. The second kappa shape index (κ2) is 7.64. The van der Waals surface area contributed by atoms with Gasteiger partial charge in [0.15, 0.2) is 0 Å². The summed E-state index contributed by atoms with van der Waals surface area (Å²) >= 11 is 0. The standard InChI is InChI=1S/C21H20O3S/c22-25(23,24)21-14-12-17(13-15-21)6-4-7-18-8-5-11-20(16-18)19-9-2-1-3-10-19/h1-3,5,8-16H,4,6-7H2,(H,22,23,24). The Labute approximate surface area is 148 Å². The Bertz CT molecular complexity index is 930. The van der Waals surface area contributed by atoms with Crippen molar-refractivity contribution < 1.29 is 13.0 Å². The van der Waals surface area contributed by atoms with Gasteiger partial charge in [0.2, 0.25) is 0 Å². The van der Waals surface area contributed by atoms with Crippen LogP contribution in [0.15, 0.2) is 83.8 Å². The zero-order chi connectivity index (χ0) is 17.7. The van der Waals surface area contributed by atoms with Crippen molar-refractivity contribution in [3.8, 4) is 11.1 Å². The number of benzene rings is 3. The van der Waals surface area contributed by atoms with Crippen LogP contribution in [0.2, 0.25) is 0 Å². The number of hydrogen-bond acceptors (Lipinski definition) is 2. The summed E-state index contributed by atoms with van der Waals surface area (Å²) in [5, 5.41) is 0. The molecule has 0 aliphatic heterocycles. The molecule has 0 aromatic heterocycles. The Hall–Kier alpha value is -2.43. The van der Waals surface area contributed by atoms with E-state index >= 15 is 0 Å². The monoisotopic (exact) mass is 352 g/mol. The Morgan fingerprint density at radius 3 is 2.00 bits per heavy atom. The van der Waals surface area contributed by atoms with Crippen LogP contribution in [0.5, 0.6) is 0 Å². The average Bonchev–Trinajstić information content (AvgIpc) is 2.62. The van der Waals surface area contributed by atoms with Gasteiger partial charge in [-0.2, -0.15) is 8.42 Å². The first kappa shape index (κ1) is 17.4. The third kappa shape index (κ3) is 4.78. The van der Waals surface area contributed by atoms with Crippen LogP contribution in [0.4, 0.5) is 0 Å². The average molecular weight is 352 g/mol. The summed E-state index contributed by atoms with van der Waals surface area (Å²) in [6.07, 6.45) is 2.80. The Kier molecular flexibility index (Phi) is 5.31. The molecule has 3 aromatic rings. The van der Waals surface area contributed by atoms with Crippen LogP contribution in [0.1, 0.15) is 17.5 Å². The normalized spacial score (nSPS) is 11.4. The van der Waals surface area contributed by atoms with Crippen molar-refractivity contribution in [1.82, 2.24) is 0 Å². The lowest BCUT2D eigenvalue weighted by Crippen LogP contribution is -1.98. The third-order valence-corrected chi connectivity index (χ3v) is 5.05. The Morgan fingerprint density at radius 1 is 0.680 bits per heavy atom. The summed E-state index contributed by atoms with van der Waals surface area (Å²) in [5.41, 5.74) is 4.78. The van der Waals surface area contributed by atoms with E-state index in [-0.39, 0.29) is 4.90 Å². The zero-order valence-corrected chi connectivity index (χ0v) is 14.6. The van der Waals surface area contributed by atoms with Gasteiger partial charge in [0, 0.05) is 0 Å². The van der Waals surface area contributed by atoms with Crippen LogP contribution in [-0.4, -0.2) is 13.0 Å². The second-order valence-electron chi connectivity index (χ2n) is 6.04. The minimum absolute atomic E-state index is 0.0631. The van der Waals surface area contributed by atoms with E-state index in [2.05, 4.69) is 36.4 Å². The summed E-state index contributed by atoms with van der Waals surface area (Å²) in [6, 6.07) is 25.3. The lowest BCUT2D eigenvalue weighted by atomic mass is 9.99. The molecule has 0 unspecified atom stereocenters. The molecule has 0 aliphatic carbocycles. The summed E-state index contributed by atoms with van der Waals surface area (Å²) in [7, 11) is -4.11. The second-order valence-corrected chi connectivity index (χ2v) is 7.46. The van der Waals surface area contributed by atoms with Crippen molar-refractivity contribution in [3.63, 3.8) is 0 Å². The lowest BCUT2D eigenvalue weighted by molar-refractivity contribution is 0.483. The van der Waals surface area contributed by atoms with E-state index in [1.165, 1.54) is 28.8 Å². The highest BCUT2D eigenvalue weighted by Crippen LogP contribution is 2.21. The smallest absolute Gasteiger partial charge is 0.282 e. The molecule has 0 amide bonds. The molecule has 3 rings (SSSR count). The highest BCUT2D eigenvalue weighted by molar-refractivity contribution is 7.85. The molecule has 0 aliphatic rings. The van der Waals surface area contributed by atoms with Crippen molar-refractivity contribution in [2.24, 2.45) is 0 Å². The van der Waals surface area contributed by atoms with Gasteiger partial charge < -0.3 is 0 Å². The number of hydrogen-bond donors (Lipinski definition) is 1. The first-order valence-electron chi connectivity index (χ1n) is 8.23. The van der Waals surface area contributed by atoms with E-state index < -0.39 is 10.1 Å². The molecular weight excluding hydrogens is 332 g/mol. The van der Waals surface area contributed by atoms with Gasteiger partial charge in [0.25, 0.3) is 10.1 Å². The van der Waals surface area contributed by atoms with E-state index in [4.69, 9.17) is 4.55 Å². The van der Waals surface area contributed by atoms with Gasteiger partial charge in [-0.15, -0.1) is 0 Å². The largest absolute Gasteiger partial charge is 0.294 e. The Morgan fingerprint density at radius 2 is 1.32 bits per heavy atom. The summed E-state index contributed by atoms with van der Waals surface area (Å²) in [6.45, 7) is 0. The van der Waals surface area contributed by atoms with Crippen LogP contribution in [0.25, 0.3) is 11.1 Å². The van der Waals surface area contributed by atoms with E-state index in [9.17, 15) is 8.42 Å². The predicted octanol–water partition coefficient (Wildman–Crippen LogP) is 4.78. The van der Waals surface area contributed by atoms with Gasteiger partial charge in [-0.3, -0.25) is 4.55 Å². The van der Waals surface area contributed by atoms with Gasteiger partial charge in [-0.05, 0) is 53.6 Å². The van der Waals surface area contributed by atoms with Crippen molar-refractivity contribution in [2.75, 3.05) is 0 Å². The fourth-order valence-corrected chi connectivity index (χ4v) is 3.34. The number of aryl methyl sites for hydroxylation is 2. The maximum Gasteiger partial charge on any atom is 0.294 e. The molecule has 0 atom stereocenters. The van der Waals surface area contributed by atoms with Crippen LogP contribution < -0.4 is 0 Å². The quantitative estimate of drug-likeness (QED) is 0.650. The van der Waals surface area contributed by atoms with E-state index in [1.54, 1.807) is 12.1 Å². The van der Waals surface area contributed by atoms with Crippen molar-refractivity contribution in [1.29, 1.82) is 0 Å². The summed E-state index contributed by atoms with van der Waals surface area (Å²) < 4.78 is 31.1. The van der Waals surface area contributed by atoms with Gasteiger partial charge in [0.1, 0.15) is 0 Å². The molecular formula is C21H20O3S. The van der Waals surface area contributed by atoms with Gasteiger partial charge in [-0.1, -0.05) is 66.7 Å². The maximum absolute atomic E-state index is 11.0. The van der Waals surface area contributed by atoms with Gasteiger partial charge in [-0.25, -0.2) is 0 Å². The molecule has 0 spiro atoms. The molecule has 25 heavy (non-hydrogen) atoms. The molecule has 0 saturated carbocycles. The minimum Gasteiger partial charge on any atom is -0.282 e. The fourth-order valence-electron chi connectivity index (χ4n) is 2.86. The van der Waals surface area contributed by atoms with E-state index in [0.29, 0.717) is 0 Å². The van der Waals surface area contributed by atoms with Crippen LogP contribution >= 0.6 is 0 Å².